The fourth-order valence-corrected chi connectivity index (χ4v) is 2.83. The van der Waals surface area contributed by atoms with Crippen LogP contribution in [0.25, 0.3) is 0 Å². The summed E-state index contributed by atoms with van der Waals surface area (Å²) >= 11 is 4.82. The van der Waals surface area contributed by atoms with Gasteiger partial charge in [-0.2, -0.15) is 5.26 Å². The summed E-state index contributed by atoms with van der Waals surface area (Å²) in [6, 6.07) is 9.65. The molecule has 1 aromatic heterocycles. The molecule has 2 nitrogen and oxygen atoms in total. The van der Waals surface area contributed by atoms with E-state index in [0.717, 1.165) is 9.35 Å². The molecule has 0 bridgehead atoms. The molecule has 2 aromatic rings. The summed E-state index contributed by atoms with van der Waals surface area (Å²) in [5, 5.41) is 14.0. The molecule has 1 aromatic carbocycles. The zero-order valence-electron chi connectivity index (χ0n) is 8.65. The maximum absolute atomic E-state index is 13.0. The second kappa shape index (κ2) is 5.30. The van der Waals surface area contributed by atoms with Gasteiger partial charge in [0.15, 0.2) is 0 Å². The van der Waals surface area contributed by atoms with Crippen LogP contribution in [0.15, 0.2) is 40.2 Å². The molecule has 0 aliphatic carbocycles. The van der Waals surface area contributed by atoms with Crippen LogP contribution in [0.1, 0.15) is 10.9 Å². The number of anilines is 1. The Kier molecular flexibility index (Phi) is 3.77. The van der Waals surface area contributed by atoms with E-state index in [1.54, 1.807) is 12.1 Å². The summed E-state index contributed by atoms with van der Waals surface area (Å²) in [6.07, 6.45) is 0. The predicted molar refractivity (Wildman–Crippen MR) is 70.4 cm³/mol. The van der Waals surface area contributed by atoms with Crippen LogP contribution in [0, 0.1) is 17.1 Å². The van der Waals surface area contributed by atoms with Crippen LogP contribution in [0.5, 0.6) is 0 Å². The zero-order valence-corrected chi connectivity index (χ0v) is 11.1. The Balaban J connectivity index is 2.19. The molecule has 1 N–H and O–H groups in total. The first-order valence-corrected chi connectivity index (χ1v) is 6.52. The van der Waals surface area contributed by atoms with Gasteiger partial charge in [-0.25, -0.2) is 4.39 Å². The van der Waals surface area contributed by atoms with Crippen molar-refractivity contribution in [2.45, 2.75) is 6.04 Å². The van der Waals surface area contributed by atoms with Crippen molar-refractivity contribution in [2.24, 2.45) is 0 Å². The summed E-state index contributed by atoms with van der Waals surface area (Å²) in [7, 11) is 0. The van der Waals surface area contributed by atoms with E-state index in [4.69, 9.17) is 5.26 Å². The smallest absolute Gasteiger partial charge is 0.149 e. The minimum absolute atomic E-state index is 0.320. The Morgan fingerprint density at radius 1 is 1.41 bits per heavy atom. The average Bonchev–Trinajstić information content (AvgIpc) is 2.73. The average molecular weight is 311 g/mol. The summed E-state index contributed by atoms with van der Waals surface area (Å²) in [6.45, 7) is 0. The number of nitrogens with zero attached hydrogens (tertiary/aromatic N) is 1. The Hall–Kier alpha value is -1.38. The molecular formula is C12H8BrFN2S. The molecule has 0 saturated heterocycles. The van der Waals surface area contributed by atoms with Gasteiger partial charge in [-0.3, -0.25) is 0 Å². The third kappa shape index (κ3) is 3.05. The van der Waals surface area contributed by atoms with Crippen LogP contribution < -0.4 is 5.32 Å². The second-order valence-electron chi connectivity index (χ2n) is 3.38. The molecule has 1 unspecified atom stereocenters. The van der Waals surface area contributed by atoms with Gasteiger partial charge in [0.25, 0.3) is 0 Å². The maximum Gasteiger partial charge on any atom is 0.149 e. The zero-order chi connectivity index (χ0) is 12.3. The number of hydrogen-bond donors (Lipinski definition) is 1. The minimum Gasteiger partial charge on any atom is -0.365 e. The molecule has 0 radical (unpaired) electrons. The van der Waals surface area contributed by atoms with E-state index in [2.05, 4.69) is 27.3 Å². The van der Waals surface area contributed by atoms with Crippen molar-refractivity contribution in [3.05, 3.63) is 50.9 Å². The van der Waals surface area contributed by atoms with Gasteiger partial charge in [-0.1, -0.05) is 6.07 Å². The summed E-state index contributed by atoms with van der Waals surface area (Å²) in [5.74, 6) is -0.320. The van der Waals surface area contributed by atoms with Gasteiger partial charge in [0.1, 0.15) is 11.9 Å². The Morgan fingerprint density at radius 3 is 2.82 bits per heavy atom. The van der Waals surface area contributed by atoms with E-state index < -0.39 is 6.04 Å². The van der Waals surface area contributed by atoms with Gasteiger partial charge in [0, 0.05) is 20.4 Å². The third-order valence-corrected chi connectivity index (χ3v) is 3.90. The monoisotopic (exact) mass is 310 g/mol. The highest BCUT2D eigenvalue weighted by Crippen LogP contribution is 2.27. The molecule has 0 aliphatic heterocycles. The number of thiophene rings is 1. The summed E-state index contributed by atoms with van der Waals surface area (Å²) in [5.41, 5.74) is 0.598. The first kappa shape index (κ1) is 12.1. The van der Waals surface area contributed by atoms with Crippen molar-refractivity contribution in [3.8, 4) is 6.07 Å². The minimum atomic E-state index is -0.465. The molecule has 17 heavy (non-hydrogen) atoms. The normalized spacial score (nSPS) is 11.8. The van der Waals surface area contributed by atoms with Crippen LogP contribution >= 0.6 is 27.3 Å². The number of rotatable bonds is 3. The lowest BCUT2D eigenvalue weighted by molar-refractivity contribution is 0.628. The number of nitriles is 1. The van der Waals surface area contributed by atoms with Crippen molar-refractivity contribution in [1.29, 1.82) is 5.26 Å². The number of nitrogens with one attached hydrogen (secondary N) is 1. The Labute approximate surface area is 111 Å². The Morgan fingerprint density at radius 2 is 2.24 bits per heavy atom. The van der Waals surface area contributed by atoms with E-state index in [9.17, 15) is 4.39 Å². The van der Waals surface area contributed by atoms with Crippen molar-refractivity contribution < 1.29 is 4.39 Å². The van der Waals surface area contributed by atoms with Crippen LogP contribution in [0.4, 0.5) is 10.1 Å². The van der Waals surface area contributed by atoms with Gasteiger partial charge in [0.2, 0.25) is 0 Å². The van der Waals surface area contributed by atoms with E-state index in [1.807, 2.05) is 11.4 Å². The number of halogens is 2. The standard InChI is InChI=1S/C12H8BrFN2S/c13-8-4-12(17-7-8)11(6-15)16-10-3-1-2-9(14)5-10/h1-5,7,11,16H. The molecule has 0 spiro atoms. The molecule has 86 valence electrons. The maximum atomic E-state index is 13.0. The van der Waals surface area contributed by atoms with Crippen LogP contribution in [-0.2, 0) is 0 Å². The quantitative estimate of drug-likeness (QED) is 0.916. The van der Waals surface area contributed by atoms with Gasteiger partial charge in [-0.05, 0) is 40.2 Å². The number of benzene rings is 1. The molecule has 0 amide bonds. The van der Waals surface area contributed by atoms with Crippen molar-refractivity contribution in [2.75, 3.05) is 5.32 Å². The van der Waals surface area contributed by atoms with Crippen molar-refractivity contribution >= 4 is 33.0 Å². The summed E-state index contributed by atoms with van der Waals surface area (Å²) in [4.78, 5) is 0.892. The molecule has 2 rings (SSSR count). The lowest BCUT2D eigenvalue weighted by Crippen LogP contribution is -2.06. The van der Waals surface area contributed by atoms with Gasteiger partial charge >= 0.3 is 0 Å². The predicted octanol–water partition coefficient (Wildman–Crippen LogP) is 4.33. The van der Waals surface area contributed by atoms with E-state index in [0.29, 0.717) is 5.69 Å². The molecule has 5 heteroatoms. The molecule has 0 saturated carbocycles. The lowest BCUT2D eigenvalue weighted by Gasteiger charge is -2.10. The van der Waals surface area contributed by atoms with Gasteiger partial charge in [0.05, 0.1) is 6.07 Å². The Bertz CT molecular complexity index is 562. The molecule has 1 heterocycles. The van der Waals surface area contributed by atoms with Crippen molar-refractivity contribution in [1.82, 2.24) is 0 Å². The van der Waals surface area contributed by atoms with Crippen LogP contribution in [0.2, 0.25) is 0 Å². The molecular weight excluding hydrogens is 303 g/mol. The fourth-order valence-electron chi connectivity index (χ4n) is 1.39. The molecule has 0 fully saturated rings. The lowest BCUT2D eigenvalue weighted by atomic mass is 10.2. The van der Waals surface area contributed by atoms with Crippen LogP contribution in [0.3, 0.4) is 0 Å². The van der Waals surface area contributed by atoms with Crippen LogP contribution in [-0.4, -0.2) is 0 Å². The van der Waals surface area contributed by atoms with E-state index in [1.165, 1.54) is 23.5 Å². The summed E-state index contributed by atoms with van der Waals surface area (Å²) < 4.78 is 13.9. The first-order chi connectivity index (χ1) is 8.19. The van der Waals surface area contributed by atoms with E-state index in [-0.39, 0.29) is 5.82 Å². The molecule has 1 atom stereocenters. The number of hydrogen-bond acceptors (Lipinski definition) is 3. The van der Waals surface area contributed by atoms with E-state index >= 15 is 0 Å². The van der Waals surface area contributed by atoms with Crippen molar-refractivity contribution in [3.63, 3.8) is 0 Å². The van der Waals surface area contributed by atoms with Gasteiger partial charge < -0.3 is 5.32 Å². The second-order valence-corrected chi connectivity index (χ2v) is 5.24. The topological polar surface area (TPSA) is 35.8 Å². The highest BCUT2D eigenvalue weighted by molar-refractivity contribution is 9.10. The fraction of sp³-hybridized carbons (Fsp3) is 0.0833. The SMILES string of the molecule is N#CC(Nc1cccc(F)c1)c1cc(Br)cs1. The first-order valence-electron chi connectivity index (χ1n) is 4.84. The molecule has 0 aliphatic rings. The van der Waals surface area contributed by atoms with Gasteiger partial charge in [-0.15, -0.1) is 11.3 Å². The third-order valence-electron chi connectivity index (χ3n) is 2.14. The highest BCUT2D eigenvalue weighted by Gasteiger charge is 2.12. The largest absolute Gasteiger partial charge is 0.365 e. The highest BCUT2D eigenvalue weighted by atomic mass is 79.9.